The third kappa shape index (κ3) is 9.57. The van der Waals surface area contributed by atoms with Crippen molar-refractivity contribution in [2.75, 3.05) is 45.9 Å². The number of aliphatic hydroxyl groups is 1. The molecule has 3 nitrogen and oxygen atoms in total. The summed E-state index contributed by atoms with van der Waals surface area (Å²) in [5.74, 6) is 0. The van der Waals surface area contributed by atoms with Gasteiger partial charge in [-0.1, -0.05) is 20.8 Å². The third-order valence-electron chi connectivity index (χ3n) is 3.42. The highest BCUT2D eigenvalue weighted by atomic mass is 16.2. The summed E-state index contributed by atoms with van der Waals surface area (Å²) in [6.07, 6.45) is 4.61. The standard InChI is InChI=1S/C14H32N2O/c1-4-15(5-2)12-10-13-16(6-3)11-8-7-9-14-17/h17H,4-14H2,1-3H3. The van der Waals surface area contributed by atoms with E-state index in [-0.39, 0.29) is 0 Å². The van der Waals surface area contributed by atoms with Crippen LogP contribution < -0.4 is 0 Å². The van der Waals surface area contributed by atoms with Gasteiger partial charge in [0.25, 0.3) is 0 Å². The molecule has 0 rings (SSSR count). The summed E-state index contributed by atoms with van der Waals surface area (Å²) < 4.78 is 0. The van der Waals surface area contributed by atoms with Gasteiger partial charge < -0.3 is 14.9 Å². The molecule has 0 heterocycles. The quantitative estimate of drug-likeness (QED) is 0.533. The maximum absolute atomic E-state index is 8.73. The lowest BCUT2D eigenvalue weighted by Crippen LogP contribution is -2.30. The summed E-state index contributed by atoms with van der Waals surface area (Å²) in [7, 11) is 0. The minimum absolute atomic E-state index is 0.341. The number of unbranched alkanes of at least 4 members (excludes halogenated alkanes) is 2. The Kier molecular flexibility index (Phi) is 12.3. The van der Waals surface area contributed by atoms with Crippen LogP contribution in [0.5, 0.6) is 0 Å². The number of hydrogen-bond donors (Lipinski definition) is 1. The molecule has 0 aliphatic rings. The van der Waals surface area contributed by atoms with Crippen LogP contribution >= 0.6 is 0 Å². The summed E-state index contributed by atoms with van der Waals surface area (Å²) >= 11 is 0. The van der Waals surface area contributed by atoms with Gasteiger partial charge in [0.2, 0.25) is 0 Å². The van der Waals surface area contributed by atoms with Gasteiger partial charge in [-0.15, -0.1) is 0 Å². The zero-order chi connectivity index (χ0) is 12.9. The smallest absolute Gasteiger partial charge is 0.0431 e. The monoisotopic (exact) mass is 244 g/mol. The second-order valence-electron chi connectivity index (χ2n) is 4.60. The van der Waals surface area contributed by atoms with Crippen LogP contribution in [0.2, 0.25) is 0 Å². The molecule has 0 radical (unpaired) electrons. The molecule has 0 aromatic carbocycles. The van der Waals surface area contributed by atoms with Gasteiger partial charge in [-0.3, -0.25) is 0 Å². The van der Waals surface area contributed by atoms with Crippen molar-refractivity contribution < 1.29 is 5.11 Å². The minimum Gasteiger partial charge on any atom is -0.396 e. The zero-order valence-electron chi connectivity index (χ0n) is 12.1. The Balaban J connectivity index is 3.53. The molecule has 0 aliphatic heterocycles. The molecular formula is C14H32N2O. The lowest BCUT2D eigenvalue weighted by molar-refractivity contribution is 0.235. The van der Waals surface area contributed by atoms with E-state index in [1.54, 1.807) is 0 Å². The normalized spacial score (nSPS) is 11.6. The van der Waals surface area contributed by atoms with Gasteiger partial charge in [-0.25, -0.2) is 0 Å². The fourth-order valence-electron chi connectivity index (χ4n) is 2.11. The predicted octanol–water partition coefficient (Wildman–Crippen LogP) is 2.20. The van der Waals surface area contributed by atoms with E-state index in [4.69, 9.17) is 5.11 Å². The summed E-state index contributed by atoms with van der Waals surface area (Å²) in [6.45, 7) is 14.2. The van der Waals surface area contributed by atoms with E-state index in [2.05, 4.69) is 30.6 Å². The van der Waals surface area contributed by atoms with Crippen LogP contribution in [0.4, 0.5) is 0 Å². The van der Waals surface area contributed by atoms with Crippen molar-refractivity contribution in [1.29, 1.82) is 0 Å². The van der Waals surface area contributed by atoms with Gasteiger partial charge in [-0.05, 0) is 65.0 Å². The van der Waals surface area contributed by atoms with E-state index in [9.17, 15) is 0 Å². The highest BCUT2D eigenvalue weighted by Crippen LogP contribution is 2.00. The van der Waals surface area contributed by atoms with Crippen molar-refractivity contribution in [2.24, 2.45) is 0 Å². The van der Waals surface area contributed by atoms with E-state index in [0.717, 1.165) is 19.4 Å². The minimum atomic E-state index is 0.341. The first-order valence-electron chi connectivity index (χ1n) is 7.33. The summed E-state index contributed by atoms with van der Waals surface area (Å²) in [6, 6.07) is 0. The van der Waals surface area contributed by atoms with Crippen molar-refractivity contribution in [3.8, 4) is 0 Å². The second-order valence-corrected chi connectivity index (χ2v) is 4.60. The van der Waals surface area contributed by atoms with E-state index in [0.29, 0.717) is 6.61 Å². The van der Waals surface area contributed by atoms with Gasteiger partial charge in [0.05, 0.1) is 0 Å². The molecule has 0 unspecified atom stereocenters. The molecule has 0 fully saturated rings. The lowest BCUT2D eigenvalue weighted by atomic mass is 10.2. The molecule has 1 N–H and O–H groups in total. The number of hydrogen-bond acceptors (Lipinski definition) is 3. The van der Waals surface area contributed by atoms with Crippen molar-refractivity contribution >= 4 is 0 Å². The van der Waals surface area contributed by atoms with E-state index in [1.807, 2.05) is 0 Å². The van der Waals surface area contributed by atoms with E-state index in [1.165, 1.54) is 45.6 Å². The summed E-state index contributed by atoms with van der Waals surface area (Å²) in [4.78, 5) is 5.01. The first kappa shape index (κ1) is 16.9. The van der Waals surface area contributed by atoms with Crippen molar-refractivity contribution in [3.63, 3.8) is 0 Å². The Hall–Kier alpha value is -0.120. The Bertz CT molecular complexity index is 149. The van der Waals surface area contributed by atoms with Gasteiger partial charge in [0.1, 0.15) is 0 Å². The predicted molar refractivity (Wildman–Crippen MR) is 75.5 cm³/mol. The Morgan fingerprint density at radius 3 is 1.71 bits per heavy atom. The van der Waals surface area contributed by atoms with Gasteiger partial charge in [-0.2, -0.15) is 0 Å². The SMILES string of the molecule is CCN(CC)CCCN(CC)CCCCCO. The molecule has 17 heavy (non-hydrogen) atoms. The van der Waals surface area contributed by atoms with Crippen molar-refractivity contribution in [3.05, 3.63) is 0 Å². The molecule has 0 aromatic heterocycles. The number of aliphatic hydroxyl groups excluding tert-OH is 1. The Morgan fingerprint density at radius 2 is 1.18 bits per heavy atom. The molecule has 0 aromatic rings. The molecular weight excluding hydrogens is 212 g/mol. The molecule has 0 atom stereocenters. The highest BCUT2D eigenvalue weighted by molar-refractivity contribution is 4.59. The number of nitrogens with zero attached hydrogens (tertiary/aromatic N) is 2. The maximum atomic E-state index is 8.73. The van der Waals surface area contributed by atoms with Crippen LogP contribution in [0.15, 0.2) is 0 Å². The van der Waals surface area contributed by atoms with Gasteiger partial charge in [0, 0.05) is 6.61 Å². The summed E-state index contributed by atoms with van der Waals surface area (Å²) in [5.41, 5.74) is 0. The van der Waals surface area contributed by atoms with Gasteiger partial charge in [0.15, 0.2) is 0 Å². The van der Waals surface area contributed by atoms with E-state index < -0.39 is 0 Å². The van der Waals surface area contributed by atoms with E-state index >= 15 is 0 Å². The Labute approximate surface area is 108 Å². The van der Waals surface area contributed by atoms with Crippen LogP contribution in [0.1, 0.15) is 46.5 Å². The van der Waals surface area contributed by atoms with Crippen LogP contribution in [-0.2, 0) is 0 Å². The first-order valence-corrected chi connectivity index (χ1v) is 7.33. The molecule has 0 saturated heterocycles. The molecule has 0 aliphatic carbocycles. The molecule has 0 bridgehead atoms. The average Bonchev–Trinajstić information content (AvgIpc) is 2.37. The topological polar surface area (TPSA) is 26.7 Å². The largest absolute Gasteiger partial charge is 0.396 e. The van der Waals surface area contributed by atoms with Crippen molar-refractivity contribution in [2.45, 2.75) is 46.5 Å². The summed E-state index contributed by atoms with van der Waals surface area (Å²) in [5, 5.41) is 8.73. The molecule has 0 saturated carbocycles. The second kappa shape index (κ2) is 12.3. The molecule has 0 amide bonds. The van der Waals surface area contributed by atoms with Crippen LogP contribution in [-0.4, -0.2) is 60.8 Å². The molecule has 3 heteroatoms. The molecule has 104 valence electrons. The fraction of sp³-hybridized carbons (Fsp3) is 1.00. The van der Waals surface area contributed by atoms with Crippen LogP contribution in [0.25, 0.3) is 0 Å². The first-order chi connectivity index (χ1) is 8.28. The average molecular weight is 244 g/mol. The van der Waals surface area contributed by atoms with Crippen LogP contribution in [0, 0.1) is 0 Å². The maximum Gasteiger partial charge on any atom is 0.0431 e. The Morgan fingerprint density at radius 1 is 0.647 bits per heavy atom. The number of rotatable bonds is 12. The lowest BCUT2D eigenvalue weighted by Gasteiger charge is -2.23. The fourth-order valence-corrected chi connectivity index (χ4v) is 2.11. The highest BCUT2D eigenvalue weighted by Gasteiger charge is 2.03. The molecule has 0 spiro atoms. The zero-order valence-corrected chi connectivity index (χ0v) is 12.1. The van der Waals surface area contributed by atoms with Gasteiger partial charge >= 0.3 is 0 Å². The van der Waals surface area contributed by atoms with Crippen LogP contribution in [0.3, 0.4) is 0 Å². The third-order valence-corrected chi connectivity index (χ3v) is 3.42. The van der Waals surface area contributed by atoms with Crippen molar-refractivity contribution in [1.82, 2.24) is 9.80 Å².